The van der Waals surface area contributed by atoms with E-state index in [0.29, 0.717) is 0 Å². The number of aliphatic carboxylic acids is 1. The van der Waals surface area contributed by atoms with Gasteiger partial charge in [-0.25, -0.2) is 4.39 Å². The van der Waals surface area contributed by atoms with Crippen LogP contribution in [0.25, 0.3) is 0 Å². The highest BCUT2D eigenvalue weighted by Crippen LogP contribution is 2.31. The topological polar surface area (TPSA) is 156 Å². The maximum Gasteiger partial charge on any atom is 0.353 e. The molecule has 0 saturated heterocycles. The van der Waals surface area contributed by atoms with Crippen molar-refractivity contribution in [2.24, 2.45) is 0 Å². The number of nitrogen functional groups attached to an aromatic ring is 1. The van der Waals surface area contributed by atoms with Gasteiger partial charge in [-0.15, -0.1) is 0 Å². The molecule has 0 aliphatic heterocycles. The molecule has 10 nitrogen and oxygen atoms in total. The van der Waals surface area contributed by atoms with Gasteiger partial charge in [0.25, 0.3) is 0 Å². The number of aromatic nitrogens is 2. The second-order valence-corrected chi connectivity index (χ2v) is 4.24. The first kappa shape index (κ1) is 15.9. The van der Waals surface area contributed by atoms with Crippen LogP contribution in [0.15, 0.2) is 24.3 Å². The summed E-state index contributed by atoms with van der Waals surface area (Å²) in [5, 5.41) is 24.5. The summed E-state index contributed by atoms with van der Waals surface area (Å²) >= 11 is 0. The van der Waals surface area contributed by atoms with Crippen molar-refractivity contribution in [1.82, 2.24) is 9.97 Å². The van der Waals surface area contributed by atoms with Crippen molar-refractivity contribution < 1.29 is 19.2 Å². The van der Waals surface area contributed by atoms with E-state index in [4.69, 9.17) is 10.8 Å². The van der Waals surface area contributed by atoms with Crippen molar-refractivity contribution in [1.29, 1.82) is 0 Å². The number of carboxylic acids is 1. The molecule has 0 aliphatic rings. The molecule has 11 heteroatoms. The quantitative estimate of drug-likeness (QED) is 0.455. The first-order valence-corrected chi connectivity index (χ1v) is 6.17. The Balaban J connectivity index is 2.43. The number of anilines is 4. The number of hydrogen-bond donors (Lipinski definition) is 4. The van der Waals surface area contributed by atoms with Gasteiger partial charge in [-0.1, -0.05) is 12.1 Å². The molecule has 1 aromatic carbocycles. The van der Waals surface area contributed by atoms with Crippen LogP contribution in [0.1, 0.15) is 0 Å². The molecule has 0 saturated carbocycles. The Morgan fingerprint density at radius 2 is 2.09 bits per heavy atom. The summed E-state index contributed by atoms with van der Waals surface area (Å²) in [6.45, 7) is -0.517. The lowest BCUT2D eigenvalue weighted by atomic mass is 10.3. The fraction of sp³-hybridized carbons (Fsp3) is 0.0833. The zero-order valence-electron chi connectivity index (χ0n) is 11.5. The minimum atomic E-state index is -1.19. The van der Waals surface area contributed by atoms with Crippen LogP contribution < -0.4 is 16.4 Å². The third kappa shape index (κ3) is 3.78. The lowest BCUT2D eigenvalue weighted by molar-refractivity contribution is -0.383. The number of hydrogen-bond acceptors (Lipinski definition) is 8. The number of nitrogens with two attached hydrogens (primary N) is 1. The second-order valence-electron chi connectivity index (χ2n) is 4.24. The van der Waals surface area contributed by atoms with Gasteiger partial charge in [0.15, 0.2) is 0 Å². The summed E-state index contributed by atoms with van der Waals surface area (Å²) in [5.41, 5.74) is 4.81. The Morgan fingerprint density at radius 1 is 1.39 bits per heavy atom. The van der Waals surface area contributed by atoms with Crippen LogP contribution in [-0.2, 0) is 4.79 Å². The molecular weight excluding hydrogens is 311 g/mol. The molecule has 0 aliphatic carbocycles. The van der Waals surface area contributed by atoms with Crippen LogP contribution in [0, 0.1) is 15.9 Å². The standard InChI is InChI=1S/C12H11FN6O4/c13-6-3-1-2-4-7(6)16-11-9(19(22)23)10(14)17-12(18-11)15-5-8(20)21/h1-4H,5H2,(H,20,21)(H4,14,15,16,17,18). The second kappa shape index (κ2) is 6.51. The summed E-state index contributed by atoms with van der Waals surface area (Å²) in [6, 6.07) is 5.47. The van der Waals surface area contributed by atoms with Crippen LogP contribution in [0.4, 0.5) is 33.3 Å². The number of halogens is 1. The largest absolute Gasteiger partial charge is 0.480 e. The van der Waals surface area contributed by atoms with Crippen molar-refractivity contribution in [3.05, 3.63) is 40.2 Å². The van der Waals surface area contributed by atoms with Crippen molar-refractivity contribution >= 4 is 34.9 Å². The SMILES string of the molecule is Nc1nc(NCC(=O)O)nc(Nc2ccccc2F)c1[N+](=O)[O-]. The highest BCUT2D eigenvalue weighted by atomic mass is 19.1. The summed E-state index contributed by atoms with van der Waals surface area (Å²) in [6.07, 6.45) is 0. The minimum absolute atomic E-state index is 0.0575. The molecule has 0 fully saturated rings. The lowest BCUT2D eigenvalue weighted by Gasteiger charge is -2.10. The van der Waals surface area contributed by atoms with Crippen molar-refractivity contribution in [2.75, 3.05) is 22.9 Å². The van der Waals surface area contributed by atoms with Crippen molar-refractivity contribution in [3.8, 4) is 0 Å². The summed E-state index contributed by atoms with van der Waals surface area (Å²) in [5.74, 6) is -2.93. The predicted octanol–water partition coefficient (Wildman–Crippen LogP) is 1.35. The van der Waals surface area contributed by atoms with Crippen molar-refractivity contribution in [2.45, 2.75) is 0 Å². The van der Waals surface area contributed by atoms with Gasteiger partial charge in [0.05, 0.1) is 10.6 Å². The van der Waals surface area contributed by atoms with E-state index in [1.807, 2.05) is 0 Å². The Hall–Kier alpha value is -3.50. The number of benzene rings is 1. The van der Waals surface area contributed by atoms with Crippen LogP contribution >= 0.6 is 0 Å². The molecule has 0 unspecified atom stereocenters. The first-order valence-electron chi connectivity index (χ1n) is 6.17. The number of nitrogens with zero attached hydrogens (tertiary/aromatic N) is 3. The molecule has 1 heterocycles. The average molecular weight is 322 g/mol. The fourth-order valence-electron chi connectivity index (χ4n) is 1.66. The fourth-order valence-corrected chi connectivity index (χ4v) is 1.66. The van der Waals surface area contributed by atoms with Gasteiger partial charge in [-0.3, -0.25) is 14.9 Å². The van der Waals surface area contributed by atoms with Gasteiger partial charge >= 0.3 is 11.7 Å². The molecule has 0 bridgehead atoms. The Bertz CT molecular complexity index is 769. The molecular formula is C12H11FN6O4. The molecule has 0 spiro atoms. The third-order valence-corrected chi connectivity index (χ3v) is 2.62. The van der Waals surface area contributed by atoms with Gasteiger partial charge in [0.1, 0.15) is 12.4 Å². The minimum Gasteiger partial charge on any atom is -0.480 e. The van der Waals surface area contributed by atoms with Gasteiger partial charge in [-0.05, 0) is 12.1 Å². The van der Waals surface area contributed by atoms with Crippen LogP contribution in [0.2, 0.25) is 0 Å². The van der Waals surface area contributed by atoms with E-state index >= 15 is 0 Å². The van der Waals surface area contributed by atoms with E-state index in [9.17, 15) is 19.3 Å². The zero-order valence-corrected chi connectivity index (χ0v) is 11.5. The first-order chi connectivity index (χ1) is 10.9. The van der Waals surface area contributed by atoms with E-state index < -0.39 is 34.8 Å². The van der Waals surface area contributed by atoms with E-state index in [2.05, 4.69) is 20.6 Å². The van der Waals surface area contributed by atoms with Gasteiger partial charge in [-0.2, -0.15) is 9.97 Å². The number of para-hydroxylation sites is 1. The predicted molar refractivity (Wildman–Crippen MR) is 78.9 cm³/mol. The number of nitro groups is 1. The summed E-state index contributed by atoms with van der Waals surface area (Å²) in [4.78, 5) is 28.2. The number of carboxylic acid groups (broad SMARTS) is 1. The monoisotopic (exact) mass is 322 g/mol. The normalized spacial score (nSPS) is 10.1. The zero-order chi connectivity index (χ0) is 17.0. The van der Waals surface area contributed by atoms with E-state index in [1.165, 1.54) is 18.2 Å². The smallest absolute Gasteiger partial charge is 0.353 e. The average Bonchev–Trinajstić information content (AvgIpc) is 2.46. The molecule has 120 valence electrons. The van der Waals surface area contributed by atoms with Gasteiger partial charge in [0.2, 0.25) is 17.6 Å². The van der Waals surface area contributed by atoms with Crippen LogP contribution in [0.5, 0.6) is 0 Å². The molecule has 2 aromatic rings. The lowest BCUT2D eigenvalue weighted by Crippen LogP contribution is -2.16. The molecule has 0 amide bonds. The summed E-state index contributed by atoms with van der Waals surface area (Å²) in [7, 11) is 0. The molecule has 5 N–H and O–H groups in total. The van der Waals surface area contributed by atoms with E-state index in [1.54, 1.807) is 0 Å². The van der Waals surface area contributed by atoms with Gasteiger partial charge in [0, 0.05) is 0 Å². The number of nitrogens with one attached hydrogen (secondary N) is 2. The van der Waals surface area contributed by atoms with Crippen LogP contribution in [-0.4, -0.2) is 32.5 Å². The third-order valence-electron chi connectivity index (χ3n) is 2.62. The Labute approximate surface area is 128 Å². The molecule has 23 heavy (non-hydrogen) atoms. The molecule has 1 aromatic heterocycles. The van der Waals surface area contributed by atoms with E-state index in [0.717, 1.165) is 6.07 Å². The summed E-state index contributed by atoms with van der Waals surface area (Å²) < 4.78 is 13.7. The highest BCUT2D eigenvalue weighted by molar-refractivity contribution is 5.76. The number of rotatable bonds is 6. The molecule has 0 atom stereocenters. The number of carbonyl (C=O) groups is 1. The van der Waals surface area contributed by atoms with Gasteiger partial charge < -0.3 is 21.5 Å². The Morgan fingerprint density at radius 3 is 2.70 bits per heavy atom. The Kier molecular flexibility index (Phi) is 4.50. The van der Waals surface area contributed by atoms with Crippen molar-refractivity contribution in [3.63, 3.8) is 0 Å². The molecule has 0 radical (unpaired) electrons. The maximum absolute atomic E-state index is 13.7. The van der Waals surface area contributed by atoms with Crippen LogP contribution in [0.3, 0.4) is 0 Å². The molecule has 2 rings (SSSR count). The van der Waals surface area contributed by atoms with E-state index in [-0.39, 0.29) is 17.5 Å². The highest BCUT2D eigenvalue weighted by Gasteiger charge is 2.24. The maximum atomic E-state index is 13.7.